The molecule has 0 spiro atoms. The highest BCUT2D eigenvalue weighted by atomic mass is 35.5. The summed E-state index contributed by atoms with van der Waals surface area (Å²) in [4.78, 5) is 26.8. The molecule has 0 bridgehead atoms. The topological polar surface area (TPSA) is 58.6 Å². The Labute approximate surface area is 187 Å². The second-order valence-corrected chi connectivity index (χ2v) is 8.31. The predicted octanol–water partition coefficient (Wildman–Crippen LogP) is 4.88. The zero-order valence-electron chi connectivity index (χ0n) is 17.0. The first-order chi connectivity index (χ1) is 14.4. The van der Waals surface area contributed by atoms with Crippen LogP contribution in [0, 0.1) is 6.92 Å². The van der Waals surface area contributed by atoms with Crippen molar-refractivity contribution in [2.75, 3.05) is 19.7 Å². The van der Waals surface area contributed by atoms with Crippen LogP contribution < -0.4 is 10.1 Å². The summed E-state index contributed by atoms with van der Waals surface area (Å²) in [7, 11) is 0. The molecule has 1 aliphatic heterocycles. The van der Waals surface area contributed by atoms with Crippen molar-refractivity contribution in [3.63, 3.8) is 0 Å². The van der Waals surface area contributed by atoms with Crippen LogP contribution in [-0.4, -0.2) is 42.5 Å². The number of ether oxygens (including phenoxy) is 1. The summed E-state index contributed by atoms with van der Waals surface area (Å²) in [6.07, 6.45) is 2.59. The van der Waals surface area contributed by atoms with Crippen LogP contribution in [0.3, 0.4) is 0 Å². The summed E-state index contributed by atoms with van der Waals surface area (Å²) in [5, 5.41) is 3.83. The second kappa shape index (κ2) is 10.7. The number of amides is 2. The Bertz CT molecular complexity index is 896. The van der Waals surface area contributed by atoms with Gasteiger partial charge in [0.05, 0.1) is 17.2 Å². The standard InChI is InChI=1S/C23H26Cl2N2O3/c1-16-5-2-3-6-21(16)30-14-4-7-22(28)27-12-10-18(11-13-27)26-23(29)19-9-8-17(24)15-20(19)25/h2-3,5-6,8-9,15,18H,4,7,10-14H2,1H3,(H,26,29). The van der Waals surface area contributed by atoms with Gasteiger partial charge in [0.15, 0.2) is 0 Å². The lowest BCUT2D eigenvalue weighted by Gasteiger charge is -2.32. The van der Waals surface area contributed by atoms with E-state index in [4.69, 9.17) is 27.9 Å². The number of rotatable bonds is 7. The molecule has 160 valence electrons. The molecule has 1 saturated heterocycles. The van der Waals surface area contributed by atoms with Gasteiger partial charge in [-0.3, -0.25) is 9.59 Å². The van der Waals surface area contributed by atoms with Crippen molar-refractivity contribution in [1.29, 1.82) is 0 Å². The van der Waals surface area contributed by atoms with Gasteiger partial charge < -0.3 is 15.0 Å². The van der Waals surface area contributed by atoms with E-state index in [1.807, 2.05) is 36.1 Å². The molecule has 0 radical (unpaired) electrons. The SMILES string of the molecule is Cc1ccccc1OCCCC(=O)N1CCC(NC(=O)c2ccc(Cl)cc2Cl)CC1. The van der Waals surface area contributed by atoms with Gasteiger partial charge in [-0.15, -0.1) is 0 Å². The normalized spacial score (nSPS) is 14.4. The van der Waals surface area contributed by atoms with Gasteiger partial charge in [-0.05, 0) is 56.0 Å². The van der Waals surface area contributed by atoms with Crippen LogP contribution in [-0.2, 0) is 4.79 Å². The molecule has 0 unspecified atom stereocenters. The van der Waals surface area contributed by atoms with Gasteiger partial charge in [0, 0.05) is 30.6 Å². The molecule has 5 nitrogen and oxygen atoms in total. The molecule has 1 N–H and O–H groups in total. The molecular formula is C23H26Cl2N2O3. The Morgan fingerprint density at radius 2 is 1.87 bits per heavy atom. The lowest BCUT2D eigenvalue weighted by atomic mass is 10.0. The average Bonchev–Trinajstić information content (AvgIpc) is 2.72. The highest BCUT2D eigenvalue weighted by Gasteiger charge is 2.24. The summed E-state index contributed by atoms with van der Waals surface area (Å²) >= 11 is 12.0. The van der Waals surface area contributed by atoms with E-state index >= 15 is 0 Å². The highest BCUT2D eigenvalue weighted by molar-refractivity contribution is 6.36. The number of piperidine rings is 1. The van der Waals surface area contributed by atoms with E-state index in [2.05, 4.69) is 5.32 Å². The largest absolute Gasteiger partial charge is 0.493 e. The summed E-state index contributed by atoms with van der Waals surface area (Å²) in [6, 6.07) is 12.7. The van der Waals surface area contributed by atoms with Crippen LogP contribution in [0.5, 0.6) is 5.75 Å². The Kier molecular flexibility index (Phi) is 8.00. The molecule has 2 aromatic carbocycles. The molecule has 30 heavy (non-hydrogen) atoms. The number of likely N-dealkylation sites (tertiary alicyclic amines) is 1. The molecule has 0 atom stereocenters. The van der Waals surface area contributed by atoms with Gasteiger partial charge in [-0.2, -0.15) is 0 Å². The Balaban J connectivity index is 1.37. The maximum absolute atomic E-state index is 12.5. The number of nitrogens with zero attached hydrogens (tertiary/aromatic N) is 1. The number of carbonyl (C=O) groups is 2. The minimum atomic E-state index is -0.213. The third-order valence-electron chi connectivity index (χ3n) is 5.24. The lowest BCUT2D eigenvalue weighted by molar-refractivity contribution is -0.132. The minimum Gasteiger partial charge on any atom is -0.493 e. The number of carbonyl (C=O) groups excluding carboxylic acids is 2. The van der Waals surface area contributed by atoms with Crippen molar-refractivity contribution in [2.45, 2.75) is 38.6 Å². The van der Waals surface area contributed by atoms with Crippen molar-refractivity contribution in [2.24, 2.45) is 0 Å². The van der Waals surface area contributed by atoms with Crippen molar-refractivity contribution < 1.29 is 14.3 Å². The molecule has 0 aliphatic carbocycles. The van der Waals surface area contributed by atoms with Crippen LogP contribution in [0.25, 0.3) is 0 Å². The minimum absolute atomic E-state index is 0.0256. The zero-order valence-corrected chi connectivity index (χ0v) is 18.5. The van der Waals surface area contributed by atoms with Crippen LogP contribution in [0.4, 0.5) is 0 Å². The molecule has 2 aromatic rings. The molecule has 0 saturated carbocycles. The van der Waals surface area contributed by atoms with E-state index in [-0.39, 0.29) is 17.9 Å². The Hall–Kier alpha value is -2.24. The number of benzene rings is 2. The Morgan fingerprint density at radius 1 is 1.13 bits per heavy atom. The van der Waals surface area contributed by atoms with Crippen LogP contribution in [0.2, 0.25) is 10.0 Å². The van der Waals surface area contributed by atoms with E-state index in [9.17, 15) is 9.59 Å². The van der Waals surface area contributed by atoms with Gasteiger partial charge in [-0.1, -0.05) is 41.4 Å². The summed E-state index contributed by atoms with van der Waals surface area (Å²) in [5.41, 5.74) is 1.50. The molecule has 2 amide bonds. The third kappa shape index (κ3) is 6.13. The van der Waals surface area contributed by atoms with Crippen LogP contribution >= 0.6 is 23.2 Å². The number of aryl methyl sites for hydroxylation is 1. The molecule has 7 heteroatoms. The van der Waals surface area contributed by atoms with Crippen molar-refractivity contribution >= 4 is 35.0 Å². The summed E-state index contributed by atoms with van der Waals surface area (Å²) in [5.74, 6) is 0.783. The van der Waals surface area contributed by atoms with E-state index < -0.39 is 0 Å². The second-order valence-electron chi connectivity index (χ2n) is 7.47. The number of hydrogen-bond donors (Lipinski definition) is 1. The fourth-order valence-corrected chi connectivity index (χ4v) is 3.99. The molecule has 0 aromatic heterocycles. The fourth-order valence-electron chi connectivity index (χ4n) is 3.49. The molecular weight excluding hydrogens is 423 g/mol. The highest BCUT2D eigenvalue weighted by Crippen LogP contribution is 2.22. The van der Waals surface area contributed by atoms with E-state index in [0.29, 0.717) is 48.1 Å². The van der Waals surface area contributed by atoms with Crippen LogP contribution in [0.1, 0.15) is 41.6 Å². The van der Waals surface area contributed by atoms with Gasteiger partial charge in [-0.25, -0.2) is 0 Å². The fraction of sp³-hybridized carbons (Fsp3) is 0.391. The van der Waals surface area contributed by atoms with Crippen LogP contribution in [0.15, 0.2) is 42.5 Å². The molecule has 1 aliphatic rings. The summed E-state index contributed by atoms with van der Waals surface area (Å²) < 4.78 is 5.76. The lowest BCUT2D eigenvalue weighted by Crippen LogP contribution is -2.46. The maximum atomic E-state index is 12.5. The van der Waals surface area contributed by atoms with E-state index in [0.717, 1.165) is 24.2 Å². The number of halogens is 2. The number of hydrogen-bond acceptors (Lipinski definition) is 3. The Morgan fingerprint density at radius 3 is 2.57 bits per heavy atom. The number of nitrogens with one attached hydrogen (secondary N) is 1. The summed E-state index contributed by atoms with van der Waals surface area (Å²) in [6.45, 7) is 3.79. The third-order valence-corrected chi connectivity index (χ3v) is 5.79. The monoisotopic (exact) mass is 448 g/mol. The first-order valence-corrected chi connectivity index (χ1v) is 10.9. The first-order valence-electron chi connectivity index (χ1n) is 10.2. The quantitative estimate of drug-likeness (QED) is 0.613. The van der Waals surface area contributed by atoms with Crippen molar-refractivity contribution in [1.82, 2.24) is 10.2 Å². The van der Waals surface area contributed by atoms with E-state index in [1.165, 1.54) is 0 Å². The molecule has 3 rings (SSSR count). The molecule has 1 heterocycles. The van der Waals surface area contributed by atoms with Crippen molar-refractivity contribution in [3.8, 4) is 5.75 Å². The van der Waals surface area contributed by atoms with Gasteiger partial charge in [0.25, 0.3) is 5.91 Å². The van der Waals surface area contributed by atoms with E-state index in [1.54, 1.807) is 18.2 Å². The zero-order chi connectivity index (χ0) is 21.5. The first kappa shape index (κ1) is 22.4. The van der Waals surface area contributed by atoms with Gasteiger partial charge >= 0.3 is 0 Å². The van der Waals surface area contributed by atoms with Gasteiger partial charge in [0.2, 0.25) is 5.91 Å². The molecule has 1 fully saturated rings. The maximum Gasteiger partial charge on any atom is 0.253 e. The van der Waals surface area contributed by atoms with Gasteiger partial charge in [0.1, 0.15) is 5.75 Å². The van der Waals surface area contributed by atoms with Crippen molar-refractivity contribution in [3.05, 3.63) is 63.6 Å². The smallest absolute Gasteiger partial charge is 0.253 e. The average molecular weight is 449 g/mol. The predicted molar refractivity (Wildman–Crippen MR) is 119 cm³/mol. The number of para-hydroxylation sites is 1.